The molecule has 1 unspecified atom stereocenters. The number of carbonyl (C=O) groups is 2. The zero-order chi connectivity index (χ0) is 25.2. The summed E-state index contributed by atoms with van der Waals surface area (Å²) in [5.74, 6) is -0.935. The molecule has 3 aromatic carbocycles. The molecule has 0 fully saturated rings. The van der Waals surface area contributed by atoms with Gasteiger partial charge in [-0.2, -0.15) is 0 Å². The number of halogens is 2. The van der Waals surface area contributed by atoms with Crippen molar-refractivity contribution < 1.29 is 18.7 Å². The van der Waals surface area contributed by atoms with E-state index in [4.69, 9.17) is 4.74 Å². The Balaban J connectivity index is 1.90. The predicted molar refractivity (Wildman–Crippen MR) is 138 cm³/mol. The molecule has 1 atom stereocenters. The van der Waals surface area contributed by atoms with E-state index >= 15 is 0 Å². The van der Waals surface area contributed by atoms with E-state index in [0.29, 0.717) is 13.0 Å². The van der Waals surface area contributed by atoms with Gasteiger partial charge in [0.05, 0.1) is 0 Å². The quantitative estimate of drug-likeness (QED) is 0.355. The molecule has 0 aliphatic carbocycles. The molecule has 0 radical (unpaired) electrons. The zero-order valence-corrected chi connectivity index (χ0v) is 21.5. The standard InChI is InChI=1S/C28H30BrFN2O3/c1-20(2)17-31-28(34)25(16-21-8-4-3-5-9-21)32(18-22-12-14-23(29)15-13-22)27(33)19-35-26-11-7-6-10-24(26)30/h3-15,20,25H,16-19H2,1-2H3,(H,31,34). The molecule has 184 valence electrons. The molecule has 7 heteroatoms. The summed E-state index contributed by atoms with van der Waals surface area (Å²) in [4.78, 5) is 28.3. The molecule has 35 heavy (non-hydrogen) atoms. The molecule has 0 bridgehead atoms. The third-order valence-electron chi connectivity index (χ3n) is 5.41. The van der Waals surface area contributed by atoms with Gasteiger partial charge in [0.2, 0.25) is 5.91 Å². The van der Waals surface area contributed by atoms with Gasteiger partial charge in [0.1, 0.15) is 6.04 Å². The fourth-order valence-electron chi connectivity index (χ4n) is 3.55. The van der Waals surface area contributed by atoms with E-state index in [0.717, 1.165) is 15.6 Å². The number of hydrogen-bond donors (Lipinski definition) is 1. The largest absolute Gasteiger partial charge is 0.481 e. The number of amides is 2. The van der Waals surface area contributed by atoms with E-state index in [1.807, 2.05) is 68.4 Å². The molecular weight excluding hydrogens is 511 g/mol. The molecule has 0 aromatic heterocycles. The van der Waals surface area contributed by atoms with Crippen LogP contribution in [0.3, 0.4) is 0 Å². The van der Waals surface area contributed by atoms with E-state index in [-0.39, 0.29) is 30.7 Å². The lowest BCUT2D eigenvalue weighted by Crippen LogP contribution is -2.52. The number of para-hydroxylation sites is 1. The molecular formula is C28H30BrFN2O3. The fraction of sp³-hybridized carbons (Fsp3) is 0.286. The van der Waals surface area contributed by atoms with Gasteiger partial charge in [-0.05, 0) is 41.3 Å². The third-order valence-corrected chi connectivity index (χ3v) is 5.94. The van der Waals surface area contributed by atoms with Crippen LogP contribution < -0.4 is 10.1 Å². The van der Waals surface area contributed by atoms with Crippen LogP contribution in [0.5, 0.6) is 5.75 Å². The van der Waals surface area contributed by atoms with Gasteiger partial charge in [0.15, 0.2) is 18.2 Å². The number of benzene rings is 3. The van der Waals surface area contributed by atoms with E-state index in [1.165, 1.54) is 17.0 Å². The van der Waals surface area contributed by atoms with Crippen LogP contribution in [0.15, 0.2) is 83.3 Å². The average Bonchev–Trinajstić information content (AvgIpc) is 2.85. The third kappa shape index (κ3) is 8.21. The summed E-state index contributed by atoms with van der Waals surface area (Å²) in [6.45, 7) is 4.34. The van der Waals surface area contributed by atoms with Crippen molar-refractivity contribution >= 4 is 27.7 Å². The second kappa shape index (κ2) is 13.0. The maximum Gasteiger partial charge on any atom is 0.261 e. The number of nitrogens with one attached hydrogen (secondary N) is 1. The van der Waals surface area contributed by atoms with Crippen LogP contribution in [0.1, 0.15) is 25.0 Å². The maximum absolute atomic E-state index is 14.1. The van der Waals surface area contributed by atoms with Gasteiger partial charge in [0, 0.05) is 24.0 Å². The molecule has 0 spiro atoms. The topological polar surface area (TPSA) is 58.6 Å². The van der Waals surface area contributed by atoms with Crippen molar-refractivity contribution in [3.05, 3.63) is 100 Å². The first-order chi connectivity index (χ1) is 16.8. The molecule has 0 aliphatic heterocycles. The van der Waals surface area contributed by atoms with Crippen LogP contribution in [0.4, 0.5) is 4.39 Å². The molecule has 3 rings (SSSR count). The summed E-state index contributed by atoms with van der Waals surface area (Å²) >= 11 is 3.43. The van der Waals surface area contributed by atoms with Crippen molar-refractivity contribution in [1.29, 1.82) is 0 Å². The number of carbonyl (C=O) groups excluding carboxylic acids is 2. The van der Waals surface area contributed by atoms with Crippen LogP contribution >= 0.6 is 15.9 Å². The molecule has 3 aromatic rings. The Labute approximate surface area is 214 Å². The number of ether oxygens (including phenoxy) is 1. The van der Waals surface area contributed by atoms with Gasteiger partial charge in [0.25, 0.3) is 5.91 Å². The number of hydrogen-bond acceptors (Lipinski definition) is 3. The normalized spacial score (nSPS) is 11.7. The molecule has 1 N–H and O–H groups in total. The summed E-state index contributed by atoms with van der Waals surface area (Å²) in [7, 11) is 0. The van der Waals surface area contributed by atoms with E-state index < -0.39 is 17.8 Å². The minimum Gasteiger partial charge on any atom is -0.481 e. The Morgan fingerprint density at radius 3 is 2.26 bits per heavy atom. The first kappa shape index (κ1) is 26.4. The lowest BCUT2D eigenvalue weighted by atomic mass is 10.0. The Bertz CT molecular complexity index is 1110. The highest BCUT2D eigenvalue weighted by molar-refractivity contribution is 9.10. The van der Waals surface area contributed by atoms with Gasteiger partial charge < -0.3 is 15.0 Å². The highest BCUT2D eigenvalue weighted by Gasteiger charge is 2.30. The number of nitrogens with zero attached hydrogens (tertiary/aromatic N) is 1. The van der Waals surface area contributed by atoms with Gasteiger partial charge in [-0.15, -0.1) is 0 Å². The van der Waals surface area contributed by atoms with E-state index in [2.05, 4.69) is 21.2 Å². The second-order valence-corrected chi connectivity index (χ2v) is 9.63. The van der Waals surface area contributed by atoms with Crippen LogP contribution in [0.2, 0.25) is 0 Å². The lowest BCUT2D eigenvalue weighted by Gasteiger charge is -2.31. The predicted octanol–water partition coefficient (Wildman–Crippen LogP) is 5.38. The van der Waals surface area contributed by atoms with Crippen molar-refractivity contribution in [3.63, 3.8) is 0 Å². The van der Waals surface area contributed by atoms with Gasteiger partial charge in [-0.3, -0.25) is 9.59 Å². The average molecular weight is 541 g/mol. The van der Waals surface area contributed by atoms with E-state index in [9.17, 15) is 14.0 Å². The van der Waals surface area contributed by atoms with Crippen molar-refractivity contribution in [1.82, 2.24) is 10.2 Å². The minimum atomic E-state index is -0.767. The summed E-state index contributed by atoms with van der Waals surface area (Å²) < 4.78 is 20.5. The first-order valence-corrected chi connectivity index (χ1v) is 12.4. The Morgan fingerprint density at radius 1 is 0.943 bits per heavy atom. The first-order valence-electron chi connectivity index (χ1n) is 11.6. The molecule has 0 saturated heterocycles. The summed E-state index contributed by atoms with van der Waals surface area (Å²) in [6, 6.07) is 22.3. The molecule has 2 amide bonds. The Hall–Kier alpha value is -3.19. The molecule has 5 nitrogen and oxygen atoms in total. The SMILES string of the molecule is CC(C)CNC(=O)C(Cc1ccccc1)N(Cc1ccc(Br)cc1)C(=O)COc1ccccc1F. The summed E-state index contributed by atoms with van der Waals surface area (Å²) in [6.07, 6.45) is 0.340. The second-order valence-electron chi connectivity index (χ2n) is 8.71. The lowest BCUT2D eigenvalue weighted by molar-refractivity contribution is -0.142. The molecule has 0 heterocycles. The highest BCUT2D eigenvalue weighted by Crippen LogP contribution is 2.19. The van der Waals surface area contributed by atoms with E-state index in [1.54, 1.807) is 12.1 Å². The smallest absolute Gasteiger partial charge is 0.261 e. The van der Waals surface area contributed by atoms with Crippen molar-refractivity contribution in [2.75, 3.05) is 13.2 Å². The van der Waals surface area contributed by atoms with Crippen molar-refractivity contribution in [3.8, 4) is 5.75 Å². The zero-order valence-electron chi connectivity index (χ0n) is 19.9. The van der Waals surface area contributed by atoms with Gasteiger partial charge >= 0.3 is 0 Å². The van der Waals surface area contributed by atoms with Crippen LogP contribution in [-0.2, 0) is 22.6 Å². The fourth-order valence-corrected chi connectivity index (χ4v) is 3.81. The van der Waals surface area contributed by atoms with Crippen LogP contribution in [0.25, 0.3) is 0 Å². The van der Waals surface area contributed by atoms with Crippen molar-refractivity contribution in [2.45, 2.75) is 32.9 Å². The monoisotopic (exact) mass is 540 g/mol. The summed E-state index contributed by atoms with van der Waals surface area (Å²) in [5, 5.41) is 2.97. The Morgan fingerprint density at radius 2 is 1.60 bits per heavy atom. The Kier molecular flexibility index (Phi) is 9.85. The van der Waals surface area contributed by atoms with Crippen LogP contribution in [0, 0.1) is 11.7 Å². The van der Waals surface area contributed by atoms with Gasteiger partial charge in [-0.25, -0.2) is 4.39 Å². The summed E-state index contributed by atoms with van der Waals surface area (Å²) in [5.41, 5.74) is 1.79. The van der Waals surface area contributed by atoms with Crippen molar-refractivity contribution in [2.24, 2.45) is 5.92 Å². The van der Waals surface area contributed by atoms with Gasteiger partial charge in [-0.1, -0.05) is 84.4 Å². The minimum absolute atomic E-state index is 0.00619. The highest BCUT2D eigenvalue weighted by atomic mass is 79.9. The maximum atomic E-state index is 14.1. The molecule has 0 aliphatic rings. The molecule has 0 saturated carbocycles. The van der Waals surface area contributed by atoms with Crippen LogP contribution in [-0.4, -0.2) is 35.9 Å². The number of rotatable bonds is 11.